The van der Waals surface area contributed by atoms with Crippen molar-refractivity contribution in [2.24, 2.45) is 0 Å². The average Bonchev–Trinajstić information content (AvgIpc) is 2.90. The topological polar surface area (TPSA) is 76.1 Å². The van der Waals surface area contributed by atoms with Crippen molar-refractivity contribution in [2.45, 2.75) is 23.1 Å². The third-order valence-electron chi connectivity index (χ3n) is 5.68. The van der Waals surface area contributed by atoms with Gasteiger partial charge in [-0.05, 0) is 36.8 Å². The van der Waals surface area contributed by atoms with Crippen LogP contribution in [0.4, 0.5) is 17.3 Å². The van der Waals surface area contributed by atoms with Crippen molar-refractivity contribution < 1.29 is 4.74 Å². The molecule has 0 aliphatic carbocycles. The van der Waals surface area contributed by atoms with E-state index in [0.717, 1.165) is 61.9 Å². The molecule has 0 bridgehead atoms. The number of aromatic nitrogens is 4. The maximum Gasteiger partial charge on any atom is 0.161 e. The van der Waals surface area contributed by atoms with Gasteiger partial charge in [-0.1, -0.05) is 43.0 Å². The zero-order valence-electron chi connectivity index (χ0n) is 19.9. The number of hydrogen-bond donors (Lipinski definition) is 1. The van der Waals surface area contributed by atoms with Crippen LogP contribution in [0.3, 0.4) is 0 Å². The number of ether oxygens (including phenoxy) is 1. The van der Waals surface area contributed by atoms with Gasteiger partial charge in [-0.3, -0.25) is 4.98 Å². The molecular weight excluding hydrogens is 456 g/mol. The van der Waals surface area contributed by atoms with Crippen LogP contribution in [0.15, 0.2) is 82.8 Å². The van der Waals surface area contributed by atoms with E-state index in [1.807, 2.05) is 24.3 Å². The van der Waals surface area contributed by atoms with Gasteiger partial charge < -0.3 is 15.0 Å². The average molecular weight is 483 g/mol. The Labute approximate surface area is 208 Å². The van der Waals surface area contributed by atoms with Crippen molar-refractivity contribution in [1.29, 1.82) is 0 Å². The van der Waals surface area contributed by atoms with Gasteiger partial charge in [0.1, 0.15) is 11.3 Å². The first-order valence-electron chi connectivity index (χ1n) is 11.5. The predicted octanol–water partition coefficient (Wildman–Crippen LogP) is 6.32. The molecular formula is C27H26N6OS. The molecule has 0 amide bonds. The van der Waals surface area contributed by atoms with E-state index in [1.165, 1.54) is 0 Å². The zero-order chi connectivity index (χ0) is 24.2. The number of anilines is 3. The minimum absolute atomic E-state index is 0.697. The lowest BCUT2D eigenvalue weighted by molar-refractivity contribution is 0.413. The molecule has 0 aliphatic rings. The van der Waals surface area contributed by atoms with E-state index in [4.69, 9.17) is 4.74 Å². The van der Waals surface area contributed by atoms with E-state index in [9.17, 15) is 0 Å². The summed E-state index contributed by atoms with van der Waals surface area (Å²) >= 11 is 1.65. The van der Waals surface area contributed by atoms with Gasteiger partial charge in [0.05, 0.1) is 18.8 Å². The highest BCUT2D eigenvalue weighted by molar-refractivity contribution is 7.99. The molecule has 0 saturated heterocycles. The van der Waals surface area contributed by atoms with Crippen LogP contribution in [0.5, 0.6) is 5.75 Å². The van der Waals surface area contributed by atoms with Crippen LogP contribution in [0.2, 0.25) is 0 Å². The lowest BCUT2D eigenvalue weighted by atomic mass is 10.1. The van der Waals surface area contributed by atoms with E-state index in [1.54, 1.807) is 31.3 Å². The number of pyridine rings is 2. The molecule has 0 saturated carbocycles. The molecule has 8 heteroatoms. The number of hydrogen-bond acceptors (Lipinski definition) is 8. The first-order chi connectivity index (χ1) is 17.2. The minimum Gasteiger partial charge on any atom is -0.495 e. The van der Waals surface area contributed by atoms with Crippen molar-refractivity contribution in [1.82, 2.24) is 20.2 Å². The smallest absolute Gasteiger partial charge is 0.161 e. The maximum absolute atomic E-state index is 5.27. The summed E-state index contributed by atoms with van der Waals surface area (Å²) in [6, 6.07) is 20.4. The Bertz CT molecular complexity index is 1470. The number of benzene rings is 2. The second-order valence-electron chi connectivity index (χ2n) is 8.14. The van der Waals surface area contributed by atoms with E-state index in [-0.39, 0.29) is 0 Å². The van der Waals surface area contributed by atoms with Crippen molar-refractivity contribution in [3.8, 4) is 5.75 Å². The molecule has 2 aromatic carbocycles. The largest absolute Gasteiger partial charge is 0.495 e. The van der Waals surface area contributed by atoms with E-state index < -0.39 is 0 Å². The van der Waals surface area contributed by atoms with Crippen molar-refractivity contribution in [3.63, 3.8) is 0 Å². The first kappa shape index (κ1) is 22.9. The second-order valence-corrected chi connectivity index (χ2v) is 9.26. The number of methoxy groups -OCH3 is 1. The lowest BCUT2D eigenvalue weighted by Crippen LogP contribution is -2.20. The zero-order valence-corrected chi connectivity index (χ0v) is 20.7. The number of fused-ring (bicyclic) bond motifs is 2. The van der Waals surface area contributed by atoms with Crippen LogP contribution >= 0.6 is 11.8 Å². The van der Waals surface area contributed by atoms with Gasteiger partial charge in [-0.25, -0.2) is 4.98 Å². The Hall–Kier alpha value is -3.91. The quantitative estimate of drug-likeness (QED) is 0.275. The highest BCUT2D eigenvalue weighted by atomic mass is 32.2. The molecule has 5 aromatic rings. The summed E-state index contributed by atoms with van der Waals surface area (Å²) < 4.78 is 5.27. The second kappa shape index (κ2) is 10.1. The number of nitrogens with one attached hydrogen (secondary N) is 1. The van der Waals surface area contributed by atoms with Gasteiger partial charge >= 0.3 is 0 Å². The Morgan fingerprint density at radius 2 is 1.77 bits per heavy atom. The molecule has 0 aliphatic heterocycles. The van der Waals surface area contributed by atoms with Crippen LogP contribution in [-0.4, -0.2) is 40.9 Å². The monoisotopic (exact) mass is 482 g/mol. The number of rotatable bonds is 8. The number of nitrogens with zero attached hydrogens (tertiary/aromatic N) is 5. The Balaban J connectivity index is 1.38. The molecule has 0 atom stereocenters. The molecule has 0 spiro atoms. The molecule has 0 unspecified atom stereocenters. The summed E-state index contributed by atoms with van der Waals surface area (Å²) in [5, 5.41) is 14.6. The molecule has 176 valence electrons. The summed E-state index contributed by atoms with van der Waals surface area (Å²) in [7, 11) is 3.69. The fourth-order valence-corrected chi connectivity index (χ4v) is 4.87. The first-order valence-corrected chi connectivity index (χ1v) is 12.3. The fraction of sp³-hybridized carbons (Fsp3) is 0.185. The van der Waals surface area contributed by atoms with Gasteiger partial charge in [-0.15, -0.1) is 10.2 Å². The highest BCUT2D eigenvalue weighted by Crippen LogP contribution is 2.34. The van der Waals surface area contributed by atoms with Crippen LogP contribution in [0, 0.1) is 0 Å². The fourth-order valence-electron chi connectivity index (χ4n) is 3.96. The summed E-state index contributed by atoms with van der Waals surface area (Å²) in [5.74, 6) is 2.34. The van der Waals surface area contributed by atoms with Crippen molar-refractivity contribution in [3.05, 3.63) is 73.1 Å². The third-order valence-corrected chi connectivity index (χ3v) is 6.74. The molecule has 0 radical (unpaired) electrons. The van der Waals surface area contributed by atoms with Crippen LogP contribution in [-0.2, 0) is 0 Å². The Kier molecular flexibility index (Phi) is 6.63. The van der Waals surface area contributed by atoms with Crippen LogP contribution in [0.1, 0.15) is 13.3 Å². The highest BCUT2D eigenvalue weighted by Gasteiger charge is 2.13. The Morgan fingerprint density at radius 3 is 2.54 bits per heavy atom. The lowest BCUT2D eigenvalue weighted by Gasteiger charge is -2.19. The molecule has 3 aromatic heterocycles. The molecule has 3 heterocycles. The molecule has 1 N–H and O–H groups in total. The van der Waals surface area contributed by atoms with E-state index in [2.05, 4.69) is 80.8 Å². The molecule has 35 heavy (non-hydrogen) atoms. The van der Waals surface area contributed by atoms with Crippen LogP contribution in [0.25, 0.3) is 21.8 Å². The normalized spacial score (nSPS) is 11.1. The van der Waals surface area contributed by atoms with E-state index in [0.29, 0.717) is 5.75 Å². The standard InChI is InChI=1S/C27H26N6OS/c1-4-15-33(2)27-22-8-6-5-7-21(22)26(31-32-27)30-18-9-11-20(12-10-18)35-24-13-14-28-23-16-19(34-3)17-29-25(23)24/h5-14,16-17H,4,15H2,1-3H3,(H,30,31). The van der Waals surface area contributed by atoms with Gasteiger partial charge in [0.25, 0.3) is 0 Å². The SMILES string of the molecule is CCCN(C)c1nnc(Nc2ccc(Sc3ccnc4cc(OC)cnc34)cc2)c2ccccc12. The molecule has 7 nitrogen and oxygen atoms in total. The molecule has 5 rings (SSSR count). The summed E-state index contributed by atoms with van der Waals surface area (Å²) in [4.78, 5) is 13.3. The third kappa shape index (κ3) is 4.83. The van der Waals surface area contributed by atoms with Gasteiger partial charge in [0, 0.05) is 52.1 Å². The Morgan fingerprint density at radius 1 is 0.971 bits per heavy atom. The minimum atomic E-state index is 0.697. The predicted molar refractivity (Wildman–Crippen MR) is 143 cm³/mol. The van der Waals surface area contributed by atoms with Gasteiger partial charge in [-0.2, -0.15) is 0 Å². The van der Waals surface area contributed by atoms with Crippen molar-refractivity contribution in [2.75, 3.05) is 30.9 Å². The van der Waals surface area contributed by atoms with Gasteiger partial charge in [0.15, 0.2) is 11.6 Å². The summed E-state index contributed by atoms with van der Waals surface area (Å²) in [5.41, 5.74) is 2.62. The van der Waals surface area contributed by atoms with Crippen LogP contribution < -0.4 is 15.0 Å². The van der Waals surface area contributed by atoms with Gasteiger partial charge in [0.2, 0.25) is 0 Å². The summed E-state index contributed by atoms with van der Waals surface area (Å²) in [6.07, 6.45) is 4.57. The van der Waals surface area contributed by atoms with Crippen molar-refractivity contribution >= 4 is 50.9 Å². The molecule has 0 fully saturated rings. The maximum atomic E-state index is 5.27. The summed E-state index contributed by atoms with van der Waals surface area (Å²) in [6.45, 7) is 3.09. The van der Waals surface area contributed by atoms with E-state index >= 15 is 0 Å².